The number of anilines is 2. The van der Waals surface area contributed by atoms with Gasteiger partial charge in [0, 0.05) is 26.8 Å². The van der Waals surface area contributed by atoms with Crippen LogP contribution in [0.3, 0.4) is 0 Å². The molecule has 134 valence electrons. The van der Waals surface area contributed by atoms with Crippen molar-refractivity contribution in [3.63, 3.8) is 0 Å². The van der Waals surface area contributed by atoms with Crippen LogP contribution in [0.2, 0.25) is 0 Å². The highest BCUT2D eigenvalue weighted by atomic mass is 16.5. The standard InChI is InChI=1S/C17H28N4O3/c1-3-9-20-14(12-7-4-5-8-12)18-13-15(22)19-17(23)21(16(13)20)10-6-11-24-2/h12,14,18H,3-11H2,1-2H3,(H,19,22,23). The average Bonchev–Trinajstić information content (AvgIpc) is 3.19. The van der Waals surface area contributed by atoms with Crippen molar-refractivity contribution < 1.29 is 4.74 Å². The molecule has 24 heavy (non-hydrogen) atoms. The molecule has 1 saturated carbocycles. The lowest BCUT2D eigenvalue weighted by atomic mass is 10.0. The van der Waals surface area contributed by atoms with Gasteiger partial charge in [-0.25, -0.2) is 4.79 Å². The van der Waals surface area contributed by atoms with Crippen LogP contribution >= 0.6 is 0 Å². The van der Waals surface area contributed by atoms with Crippen LogP contribution in [0.5, 0.6) is 0 Å². The molecule has 1 atom stereocenters. The van der Waals surface area contributed by atoms with Crippen molar-refractivity contribution in [2.75, 3.05) is 30.5 Å². The van der Waals surface area contributed by atoms with E-state index in [4.69, 9.17) is 4.74 Å². The number of hydrogen-bond acceptors (Lipinski definition) is 5. The number of nitrogens with zero attached hydrogens (tertiary/aromatic N) is 2. The number of aromatic amines is 1. The minimum Gasteiger partial charge on any atom is -0.385 e. The van der Waals surface area contributed by atoms with Gasteiger partial charge in [-0.2, -0.15) is 0 Å². The number of hydrogen-bond donors (Lipinski definition) is 2. The fourth-order valence-electron chi connectivity index (χ4n) is 4.05. The third-order valence-corrected chi connectivity index (χ3v) is 5.11. The Bertz CT molecular complexity index is 675. The van der Waals surface area contributed by atoms with E-state index < -0.39 is 0 Å². The lowest BCUT2D eigenvalue weighted by molar-refractivity contribution is 0.190. The van der Waals surface area contributed by atoms with E-state index in [9.17, 15) is 9.59 Å². The fourth-order valence-corrected chi connectivity index (χ4v) is 4.05. The third-order valence-electron chi connectivity index (χ3n) is 5.11. The van der Waals surface area contributed by atoms with Gasteiger partial charge in [-0.15, -0.1) is 0 Å². The van der Waals surface area contributed by atoms with Gasteiger partial charge in [-0.1, -0.05) is 19.8 Å². The Morgan fingerprint density at radius 3 is 2.62 bits per heavy atom. The average molecular weight is 336 g/mol. The molecule has 7 nitrogen and oxygen atoms in total. The van der Waals surface area contributed by atoms with Gasteiger partial charge in [0.15, 0.2) is 0 Å². The number of aromatic nitrogens is 2. The first-order chi connectivity index (χ1) is 11.7. The molecule has 1 aromatic rings. The summed E-state index contributed by atoms with van der Waals surface area (Å²) < 4.78 is 6.81. The fraction of sp³-hybridized carbons (Fsp3) is 0.765. The van der Waals surface area contributed by atoms with Gasteiger partial charge in [0.2, 0.25) is 0 Å². The van der Waals surface area contributed by atoms with Crippen LogP contribution in [-0.2, 0) is 11.3 Å². The summed E-state index contributed by atoms with van der Waals surface area (Å²) in [5.74, 6) is 1.30. The number of fused-ring (bicyclic) bond motifs is 1. The molecule has 0 radical (unpaired) electrons. The van der Waals surface area contributed by atoms with E-state index in [-0.39, 0.29) is 17.4 Å². The third kappa shape index (κ3) is 3.09. The summed E-state index contributed by atoms with van der Waals surface area (Å²) in [5.41, 5.74) is -0.0817. The first-order valence-electron chi connectivity index (χ1n) is 9.06. The minimum absolute atomic E-state index is 0.124. The summed E-state index contributed by atoms with van der Waals surface area (Å²) in [4.78, 5) is 29.4. The Labute approximate surface area is 142 Å². The molecule has 0 spiro atoms. The van der Waals surface area contributed by atoms with Crippen molar-refractivity contribution >= 4 is 11.5 Å². The zero-order valence-corrected chi connectivity index (χ0v) is 14.6. The number of nitrogens with one attached hydrogen (secondary N) is 2. The predicted octanol–water partition coefficient (Wildman–Crippen LogP) is 1.73. The summed E-state index contributed by atoms with van der Waals surface area (Å²) >= 11 is 0. The quantitative estimate of drug-likeness (QED) is 0.741. The topological polar surface area (TPSA) is 79.4 Å². The van der Waals surface area contributed by atoms with Gasteiger partial charge in [-0.05, 0) is 31.6 Å². The largest absolute Gasteiger partial charge is 0.385 e. The molecular weight excluding hydrogens is 308 g/mol. The van der Waals surface area contributed by atoms with Crippen LogP contribution in [0, 0.1) is 5.92 Å². The van der Waals surface area contributed by atoms with Crippen LogP contribution in [0.1, 0.15) is 45.4 Å². The lowest BCUT2D eigenvalue weighted by Crippen LogP contribution is -2.43. The summed E-state index contributed by atoms with van der Waals surface area (Å²) in [5, 5.41) is 3.43. The molecule has 1 aliphatic heterocycles. The van der Waals surface area contributed by atoms with Crippen LogP contribution in [0.25, 0.3) is 0 Å². The van der Waals surface area contributed by atoms with E-state index in [1.165, 1.54) is 25.7 Å². The summed E-state index contributed by atoms with van der Waals surface area (Å²) in [6.07, 6.45) is 6.69. The second kappa shape index (κ2) is 7.42. The van der Waals surface area contributed by atoms with Crippen LogP contribution in [0.15, 0.2) is 9.59 Å². The van der Waals surface area contributed by atoms with Crippen LogP contribution in [0.4, 0.5) is 11.5 Å². The molecule has 1 unspecified atom stereocenters. The maximum atomic E-state index is 12.4. The Kier molecular flexibility index (Phi) is 5.28. The van der Waals surface area contributed by atoms with Gasteiger partial charge < -0.3 is 15.0 Å². The first kappa shape index (κ1) is 17.1. The molecule has 3 rings (SSSR count). The Morgan fingerprint density at radius 1 is 1.21 bits per heavy atom. The highest BCUT2D eigenvalue weighted by Crippen LogP contribution is 2.39. The first-order valence-corrected chi connectivity index (χ1v) is 9.06. The van der Waals surface area contributed by atoms with Crippen molar-refractivity contribution in [1.29, 1.82) is 0 Å². The summed E-state index contributed by atoms with van der Waals surface area (Å²) in [6.45, 7) is 4.11. The normalized spacial score (nSPS) is 20.4. The van der Waals surface area contributed by atoms with E-state index in [1.807, 2.05) is 0 Å². The van der Waals surface area contributed by atoms with Crippen molar-refractivity contribution in [3.05, 3.63) is 20.8 Å². The van der Waals surface area contributed by atoms with Crippen LogP contribution in [-0.4, -0.2) is 36.0 Å². The molecule has 2 heterocycles. The van der Waals surface area contributed by atoms with E-state index in [0.29, 0.717) is 24.8 Å². The predicted molar refractivity (Wildman–Crippen MR) is 94.8 cm³/mol. The maximum absolute atomic E-state index is 12.4. The molecule has 1 aliphatic carbocycles. The Hall–Kier alpha value is -1.76. The Balaban J connectivity index is 1.99. The maximum Gasteiger partial charge on any atom is 0.330 e. The smallest absolute Gasteiger partial charge is 0.330 e. The summed E-state index contributed by atoms with van der Waals surface area (Å²) in [7, 11) is 1.65. The highest BCUT2D eigenvalue weighted by Gasteiger charge is 2.39. The van der Waals surface area contributed by atoms with Crippen molar-refractivity contribution in [1.82, 2.24) is 9.55 Å². The highest BCUT2D eigenvalue weighted by molar-refractivity contribution is 5.71. The zero-order valence-electron chi connectivity index (χ0n) is 14.6. The van der Waals surface area contributed by atoms with Gasteiger partial charge >= 0.3 is 5.69 Å². The molecule has 1 fully saturated rings. The van der Waals surface area contributed by atoms with Crippen molar-refractivity contribution in [2.24, 2.45) is 5.92 Å². The van der Waals surface area contributed by atoms with E-state index in [2.05, 4.69) is 22.1 Å². The number of H-pyrrole nitrogens is 1. The van der Waals surface area contributed by atoms with Crippen LogP contribution < -0.4 is 21.5 Å². The van der Waals surface area contributed by atoms with Crippen molar-refractivity contribution in [2.45, 2.75) is 58.2 Å². The summed E-state index contributed by atoms with van der Waals surface area (Å²) in [6, 6.07) is 0. The Morgan fingerprint density at radius 2 is 1.96 bits per heavy atom. The van der Waals surface area contributed by atoms with E-state index in [0.717, 1.165) is 25.2 Å². The number of rotatable bonds is 7. The second-order valence-corrected chi connectivity index (χ2v) is 6.78. The molecule has 1 aromatic heterocycles. The van der Waals surface area contributed by atoms with Gasteiger partial charge in [0.1, 0.15) is 17.7 Å². The van der Waals surface area contributed by atoms with Gasteiger partial charge in [0.25, 0.3) is 5.56 Å². The number of methoxy groups -OCH3 is 1. The molecule has 0 amide bonds. The molecule has 0 aromatic carbocycles. The molecule has 2 N–H and O–H groups in total. The zero-order chi connectivity index (χ0) is 17.1. The number of ether oxygens (including phenoxy) is 1. The molecular formula is C17H28N4O3. The van der Waals surface area contributed by atoms with E-state index >= 15 is 0 Å². The van der Waals surface area contributed by atoms with Gasteiger partial charge in [-0.3, -0.25) is 14.3 Å². The molecule has 0 saturated heterocycles. The lowest BCUT2D eigenvalue weighted by Gasteiger charge is -2.31. The SMILES string of the molecule is CCCN1c2c(c(=O)[nH]c(=O)n2CCCOC)NC1C1CCCC1. The molecule has 0 bridgehead atoms. The minimum atomic E-state index is -0.329. The van der Waals surface area contributed by atoms with Crippen molar-refractivity contribution in [3.8, 4) is 0 Å². The van der Waals surface area contributed by atoms with Gasteiger partial charge in [0.05, 0.1) is 0 Å². The molecule has 7 heteroatoms. The monoisotopic (exact) mass is 336 g/mol. The second-order valence-electron chi connectivity index (χ2n) is 6.78. The molecule has 2 aliphatic rings. The van der Waals surface area contributed by atoms with E-state index in [1.54, 1.807) is 11.7 Å².